The smallest absolute Gasteiger partial charge is 0.244 e. The Balaban J connectivity index is 2.67. The first-order valence-electron chi connectivity index (χ1n) is 7.13. The van der Waals surface area contributed by atoms with E-state index in [1.54, 1.807) is 19.0 Å². The Kier molecular flexibility index (Phi) is 4.56. The molecule has 1 atom stereocenters. The molecule has 0 fully saturated rings. The van der Waals surface area contributed by atoms with Crippen LogP contribution in [0.4, 0.5) is 0 Å². The van der Waals surface area contributed by atoms with Gasteiger partial charge in [0.2, 0.25) is 5.91 Å². The SMILES string of the molecule is CCn1nc(C)c2nc(CCCl)n(C(C)C(=O)N(C)C)c21. The molecule has 116 valence electrons. The van der Waals surface area contributed by atoms with Crippen LogP contribution in [0.2, 0.25) is 0 Å². The number of hydrogen-bond acceptors (Lipinski definition) is 3. The number of rotatable bonds is 5. The van der Waals surface area contributed by atoms with Crippen molar-refractivity contribution < 1.29 is 4.79 Å². The molecule has 1 unspecified atom stereocenters. The van der Waals surface area contributed by atoms with Gasteiger partial charge in [-0.3, -0.25) is 4.79 Å². The Morgan fingerprint density at radius 3 is 2.62 bits per heavy atom. The predicted octanol–water partition coefficient (Wildman–Crippen LogP) is 1.99. The van der Waals surface area contributed by atoms with Gasteiger partial charge in [-0.15, -0.1) is 11.6 Å². The fourth-order valence-electron chi connectivity index (χ4n) is 2.61. The molecule has 2 rings (SSSR count). The summed E-state index contributed by atoms with van der Waals surface area (Å²) in [5.74, 6) is 1.35. The number of hydrogen-bond donors (Lipinski definition) is 0. The third-order valence-electron chi connectivity index (χ3n) is 3.62. The number of aromatic nitrogens is 4. The average Bonchev–Trinajstić information content (AvgIpc) is 2.95. The second-order valence-electron chi connectivity index (χ2n) is 5.32. The van der Waals surface area contributed by atoms with Gasteiger partial charge >= 0.3 is 0 Å². The van der Waals surface area contributed by atoms with Crippen molar-refractivity contribution in [3.63, 3.8) is 0 Å². The van der Waals surface area contributed by atoms with E-state index in [9.17, 15) is 4.79 Å². The van der Waals surface area contributed by atoms with Crippen molar-refractivity contribution in [1.29, 1.82) is 0 Å². The highest BCUT2D eigenvalue weighted by Gasteiger charge is 2.26. The quantitative estimate of drug-likeness (QED) is 0.794. The lowest BCUT2D eigenvalue weighted by Crippen LogP contribution is -2.31. The summed E-state index contributed by atoms with van der Waals surface area (Å²) in [5, 5.41) is 4.49. The minimum absolute atomic E-state index is 0.0339. The first kappa shape index (κ1) is 15.8. The summed E-state index contributed by atoms with van der Waals surface area (Å²) in [6.45, 7) is 6.60. The van der Waals surface area contributed by atoms with E-state index in [4.69, 9.17) is 11.6 Å². The van der Waals surface area contributed by atoms with Crippen LogP contribution in [0.5, 0.6) is 0 Å². The molecule has 2 aromatic heterocycles. The number of halogens is 1. The Morgan fingerprint density at radius 1 is 1.43 bits per heavy atom. The van der Waals surface area contributed by atoms with Gasteiger partial charge in [0, 0.05) is 32.9 Å². The lowest BCUT2D eigenvalue weighted by Gasteiger charge is -2.20. The summed E-state index contributed by atoms with van der Waals surface area (Å²) in [5.41, 5.74) is 2.64. The molecule has 0 bridgehead atoms. The van der Waals surface area contributed by atoms with Crippen molar-refractivity contribution in [2.75, 3.05) is 20.0 Å². The lowest BCUT2D eigenvalue weighted by atomic mass is 10.2. The molecule has 7 heteroatoms. The summed E-state index contributed by atoms with van der Waals surface area (Å²) in [6, 6.07) is -0.329. The monoisotopic (exact) mass is 311 g/mol. The molecular formula is C14H22ClN5O. The van der Waals surface area contributed by atoms with E-state index in [0.29, 0.717) is 12.3 Å². The molecule has 0 N–H and O–H groups in total. The van der Waals surface area contributed by atoms with E-state index in [2.05, 4.69) is 10.1 Å². The predicted molar refractivity (Wildman–Crippen MR) is 83.8 cm³/mol. The first-order valence-corrected chi connectivity index (χ1v) is 7.67. The van der Waals surface area contributed by atoms with Gasteiger partial charge in [-0.1, -0.05) is 0 Å². The summed E-state index contributed by atoms with van der Waals surface area (Å²) < 4.78 is 3.87. The number of amides is 1. The highest BCUT2D eigenvalue weighted by atomic mass is 35.5. The number of aryl methyl sites for hydroxylation is 3. The summed E-state index contributed by atoms with van der Waals surface area (Å²) in [7, 11) is 3.52. The minimum Gasteiger partial charge on any atom is -0.347 e. The molecule has 21 heavy (non-hydrogen) atoms. The van der Waals surface area contributed by atoms with E-state index in [0.717, 1.165) is 29.2 Å². The van der Waals surface area contributed by atoms with Crippen LogP contribution in [0.15, 0.2) is 0 Å². The molecule has 2 aromatic rings. The number of fused-ring (bicyclic) bond motifs is 1. The van der Waals surface area contributed by atoms with E-state index in [1.807, 2.05) is 30.0 Å². The van der Waals surface area contributed by atoms with Crippen LogP contribution in [-0.2, 0) is 17.8 Å². The molecule has 0 saturated carbocycles. The maximum Gasteiger partial charge on any atom is 0.244 e. The molecule has 0 aliphatic heterocycles. The summed E-state index contributed by atoms with van der Waals surface area (Å²) >= 11 is 5.89. The van der Waals surface area contributed by atoms with Gasteiger partial charge in [0.1, 0.15) is 17.4 Å². The fraction of sp³-hybridized carbons (Fsp3) is 0.643. The van der Waals surface area contributed by atoms with Crippen molar-refractivity contribution in [2.24, 2.45) is 0 Å². The van der Waals surface area contributed by atoms with Gasteiger partial charge in [0.15, 0.2) is 5.65 Å². The van der Waals surface area contributed by atoms with Gasteiger partial charge in [-0.2, -0.15) is 5.10 Å². The third kappa shape index (κ3) is 2.64. The Hall–Kier alpha value is -1.56. The second kappa shape index (κ2) is 6.05. The van der Waals surface area contributed by atoms with Gasteiger partial charge in [-0.25, -0.2) is 9.67 Å². The van der Waals surface area contributed by atoms with Crippen LogP contribution in [0.3, 0.4) is 0 Å². The third-order valence-corrected chi connectivity index (χ3v) is 3.81. The Morgan fingerprint density at radius 2 is 2.10 bits per heavy atom. The molecular weight excluding hydrogens is 290 g/mol. The number of likely N-dealkylation sites (N-methyl/N-ethyl adjacent to an activating group) is 1. The van der Waals surface area contributed by atoms with Crippen LogP contribution in [0, 0.1) is 6.92 Å². The van der Waals surface area contributed by atoms with Crippen LogP contribution in [0.25, 0.3) is 11.2 Å². The van der Waals surface area contributed by atoms with Crippen molar-refractivity contribution in [1.82, 2.24) is 24.2 Å². The zero-order chi connectivity index (χ0) is 15.7. The Labute approximate surface area is 129 Å². The van der Waals surface area contributed by atoms with Gasteiger partial charge in [0.25, 0.3) is 0 Å². The fourth-order valence-corrected chi connectivity index (χ4v) is 2.78. The number of carbonyl (C=O) groups excluding carboxylic acids is 1. The van der Waals surface area contributed by atoms with E-state index in [-0.39, 0.29) is 11.9 Å². The average molecular weight is 312 g/mol. The zero-order valence-electron chi connectivity index (χ0n) is 13.2. The van der Waals surface area contributed by atoms with E-state index >= 15 is 0 Å². The molecule has 2 heterocycles. The maximum atomic E-state index is 12.4. The molecule has 0 aliphatic carbocycles. The first-order chi connectivity index (χ1) is 9.92. The second-order valence-corrected chi connectivity index (χ2v) is 5.70. The van der Waals surface area contributed by atoms with Crippen molar-refractivity contribution in [2.45, 2.75) is 39.8 Å². The van der Waals surface area contributed by atoms with Gasteiger partial charge < -0.3 is 9.47 Å². The van der Waals surface area contributed by atoms with Crippen LogP contribution < -0.4 is 0 Å². The Bertz CT molecular complexity index is 658. The highest BCUT2D eigenvalue weighted by molar-refractivity contribution is 6.17. The molecule has 0 radical (unpaired) electrons. The standard InChI is InChI=1S/C14H22ClN5O/c1-6-19-13-12(9(2)17-19)16-11(7-8-15)20(13)10(3)14(21)18(4)5/h10H,6-8H2,1-5H3. The normalized spacial score (nSPS) is 12.9. The van der Waals surface area contributed by atoms with Gasteiger partial charge in [0.05, 0.1) is 5.69 Å². The largest absolute Gasteiger partial charge is 0.347 e. The lowest BCUT2D eigenvalue weighted by molar-refractivity contribution is -0.131. The van der Waals surface area contributed by atoms with Crippen molar-refractivity contribution in [3.8, 4) is 0 Å². The van der Waals surface area contributed by atoms with Crippen LogP contribution in [-0.4, -0.2) is 50.1 Å². The van der Waals surface area contributed by atoms with Crippen molar-refractivity contribution >= 4 is 28.7 Å². The molecule has 0 aliphatic rings. The van der Waals surface area contributed by atoms with Crippen LogP contribution in [0.1, 0.15) is 31.4 Å². The number of imidazole rings is 1. The number of carbonyl (C=O) groups is 1. The molecule has 1 amide bonds. The number of nitrogens with zero attached hydrogens (tertiary/aromatic N) is 5. The summed E-state index contributed by atoms with van der Waals surface area (Å²) in [6.07, 6.45) is 0.629. The van der Waals surface area contributed by atoms with E-state index < -0.39 is 0 Å². The minimum atomic E-state index is -0.329. The topological polar surface area (TPSA) is 56.0 Å². The zero-order valence-corrected chi connectivity index (χ0v) is 14.0. The maximum absolute atomic E-state index is 12.4. The van der Waals surface area contributed by atoms with Crippen LogP contribution >= 0.6 is 11.6 Å². The molecule has 0 spiro atoms. The van der Waals surface area contributed by atoms with E-state index in [1.165, 1.54) is 0 Å². The van der Waals surface area contributed by atoms with Gasteiger partial charge in [-0.05, 0) is 20.8 Å². The summed E-state index contributed by atoms with van der Waals surface area (Å²) in [4.78, 5) is 18.6. The number of alkyl halides is 1. The molecule has 0 aromatic carbocycles. The molecule has 6 nitrogen and oxygen atoms in total. The molecule has 0 saturated heterocycles. The highest BCUT2D eigenvalue weighted by Crippen LogP contribution is 2.25. The van der Waals surface area contributed by atoms with Crippen molar-refractivity contribution in [3.05, 3.63) is 11.5 Å².